The number of carbonyl (C=O) groups excluding carboxylic acids is 1. The van der Waals surface area contributed by atoms with Crippen molar-refractivity contribution in [1.29, 1.82) is 0 Å². The van der Waals surface area contributed by atoms with Gasteiger partial charge >= 0.3 is 0 Å². The second-order valence-corrected chi connectivity index (χ2v) is 9.08. The van der Waals surface area contributed by atoms with Crippen molar-refractivity contribution in [3.8, 4) is 0 Å². The van der Waals surface area contributed by atoms with Gasteiger partial charge < -0.3 is 5.32 Å². The molecule has 0 radical (unpaired) electrons. The third-order valence-corrected chi connectivity index (χ3v) is 6.88. The van der Waals surface area contributed by atoms with Gasteiger partial charge in [-0.25, -0.2) is 13.1 Å². The molecule has 0 saturated heterocycles. The average Bonchev–Trinajstić information content (AvgIpc) is 3.25. The molecule has 25 heavy (non-hydrogen) atoms. The van der Waals surface area contributed by atoms with Crippen LogP contribution in [0.1, 0.15) is 38.2 Å². The van der Waals surface area contributed by atoms with Gasteiger partial charge in [-0.1, -0.05) is 12.8 Å². The van der Waals surface area contributed by atoms with Gasteiger partial charge in [0.2, 0.25) is 15.9 Å². The fraction of sp³-hybridized carbons (Fsp3) is 0.389. The summed E-state index contributed by atoms with van der Waals surface area (Å²) >= 11 is 1.65. The molecule has 1 aliphatic rings. The lowest BCUT2D eigenvalue weighted by Gasteiger charge is -2.28. The summed E-state index contributed by atoms with van der Waals surface area (Å²) in [6, 6.07) is 8.33. The summed E-state index contributed by atoms with van der Waals surface area (Å²) in [5.41, 5.74) is 1.72. The molecule has 1 fully saturated rings. The number of rotatable bonds is 6. The van der Waals surface area contributed by atoms with Crippen LogP contribution in [0, 0.1) is 0 Å². The molecular formula is C18H22N2O3S2. The van der Waals surface area contributed by atoms with E-state index in [4.69, 9.17) is 0 Å². The van der Waals surface area contributed by atoms with Gasteiger partial charge in [-0.3, -0.25) is 4.79 Å². The van der Waals surface area contributed by atoms with Gasteiger partial charge in [0.15, 0.2) is 0 Å². The number of hydrogen-bond acceptors (Lipinski definition) is 4. The molecule has 1 aliphatic carbocycles. The van der Waals surface area contributed by atoms with E-state index in [1.807, 2.05) is 5.38 Å². The summed E-state index contributed by atoms with van der Waals surface area (Å²) in [6.45, 7) is 1.83. The van der Waals surface area contributed by atoms with E-state index in [1.165, 1.54) is 24.6 Å². The summed E-state index contributed by atoms with van der Waals surface area (Å²) in [6.07, 6.45) is 4.27. The molecule has 1 heterocycles. The Hall–Kier alpha value is -1.70. The minimum absolute atomic E-state index is 0.0941. The first-order valence-corrected chi connectivity index (χ1v) is 10.7. The fourth-order valence-electron chi connectivity index (χ4n) is 3.42. The van der Waals surface area contributed by atoms with Crippen molar-refractivity contribution in [1.82, 2.24) is 4.72 Å². The van der Waals surface area contributed by atoms with E-state index in [1.54, 1.807) is 23.5 Å². The number of amides is 1. The molecule has 3 rings (SSSR count). The highest BCUT2D eigenvalue weighted by Crippen LogP contribution is 2.41. The summed E-state index contributed by atoms with van der Waals surface area (Å²) in [4.78, 5) is 11.3. The zero-order chi connectivity index (χ0) is 17.9. The van der Waals surface area contributed by atoms with Crippen LogP contribution in [0.2, 0.25) is 0 Å². The maximum Gasteiger partial charge on any atom is 0.240 e. The van der Waals surface area contributed by atoms with Gasteiger partial charge in [0.05, 0.1) is 4.90 Å². The van der Waals surface area contributed by atoms with Crippen molar-refractivity contribution in [2.45, 2.75) is 42.9 Å². The number of hydrogen-bond donors (Lipinski definition) is 2. The first kappa shape index (κ1) is 18.1. The largest absolute Gasteiger partial charge is 0.326 e. The van der Waals surface area contributed by atoms with E-state index >= 15 is 0 Å². The maximum absolute atomic E-state index is 12.6. The Labute approximate surface area is 152 Å². The van der Waals surface area contributed by atoms with Gasteiger partial charge in [-0.2, -0.15) is 11.3 Å². The van der Waals surface area contributed by atoms with Crippen LogP contribution in [-0.2, 0) is 20.2 Å². The minimum atomic E-state index is -3.58. The second-order valence-electron chi connectivity index (χ2n) is 6.53. The average molecular weight is 379 g/mol. The van der Waals surface area contributed by atoms with Gasteiger partial charge in [0.1, 0.15) is 0 Å². The van der Waals surface area contributed by atoms with Crippen LogP contribution in [0.15, 0.2) is 46.0 Å². The number of nitrogens with one attached hydrogen (secondary N) is 2. The summed E-state index contributed by atoms with van der Waals surface area (Å²) in [5, 5.41) is 6.80. The van der Waals surface area contributed by atoms with Crippen LogP contribution >= 0.6 is 11.3 Å². The van der Waals surface area contributed by atoms with Crippen molar-refractivity contribution in [3.05, 3.63) is 46.7 Å². The van der Waals surface area contributed by atoms with Gasteiger partial charge in [0, 0.05) is 24.6 Å². The van der Waals surface area contributed by atoms with Gasteiger partial charge in [-0.15, -0.1) is 0 Å². The SMILES string of the molecule is CC(=O)Nc1ccc(S(=O)(=O)NCC2(c3ccsc3)CCCC2)cc1. The zero-order valence-corrected chi connectivity index (χ0v) is 15.8. The van der Waals surface area contributed by atoms with Gasteiger partial charge in [-0.05, 0) is 59.5 Å². The molecule has 0 bridgehead atoms. The van der Waals surface area contributed by atoms with Crippen molar-refractivity contribution >= 4 is 33.0 Å². The molecule has 0 aliphatic heterocycles. The smallest absolute Gasteiger partial charge is 0.240 e. The van der Waals surface area contributed by atoms with Crippen molar-refractivity contribution in [2.75, 3.05) is 11.9 Å². The van der Waals surface area contributed by atoms with Crippen LogP contribution in [-0.4, -0.2) is 20.9 Å². The Morgan fingerprint density at radius 2 is 1.84 bits per heavy atom. The van der Waals surface area contributed by atoms with E-state index in [9.17, 15) is 13.2 Å². The summed E-state index contributed by atoms with van der Waals surface area (Å²) < 4.78 is 28.1. The lowest BCUT2D eigenvalue weighted by molar-refractivity contribution is -0.114. The monoisotopic (exact) mass is 378 g/mol. The Balaban J connectivity index is 1.74. The van der Waals surface area contributed by atoms with Gasteiger partial charge in [0.25, 0.3) is 0 Å². The fourth-order valence-corrected chi connectivity index (χ4v) is 5.33. The lowest BCUT2D eigenvalue weighted by atomic mass is 9.81. The minimum Gasteiger partial charge on any atom is -0.326 e. The highest BCUT2D eigenvalue weighted by Gasteiger charge is 2.37. The van der Waals surface area contributed by atoms with Crippen LogP contribution in [0.3, 0.4) is 0 Å². The molecule has 5 nitrogen and oxygen atoms in total. The maximum atomic E-state index is 12.6. The van der Waals surface area contributed by atoms with Crippen LogP contribution in [0.5, 0.6) is 0 Å². The third-order valence-electron chi connectivity index (χ3n) is 4.78. The van der Waals surface area contributed by atoms with Crippen LogP contribution < -0.4 is 10.0 Å². The molecular weight excluding hydrogens is 356 g/mol. The van der Waals surface area contributed by atoms with E-state index in [-0.39, 0.29) is 16.2 Å². The predicted octanol–water partition coefficient (Wildman–Crippen LogP) is 3.50. The summed E-state index contributed by atoms with van der Waals surface area (Å²) in [7, 11) is -3.58. The van der Waals surface area contributed by atoms with E-state index < -0.39 is 10.0 Å². The Morgan fingerprint density at radius 1 is 1.16 bits per heavy atom. The molecule has 0 unspecified atom stereocenters. The quantitative estimate of drug-likeness (QED) is 0.808. The number of anilines is 1. The molecule has 7 heteroatoms. The zero-order valence-electron chi connectivity index (χ0n) is 14.1. The second kappa shape index (κ2) is 7.27. The molecule has 1 aromatic heterocycles. The van der Waals surface area contributed by atoms with E-state index in [2.05, 4.69) is 21.5 Å². The van der Waals surface area contributed by atoms with Crippen LogP contribution in [0.25, 0.3) is 0 Å². The Kier molecular flexibility index (Phi) is 5.27. The molecule has 2 N–H and O–H groups in total. The normalized spacial score (nSPS) is 16.7. The molecule has 1 aromatic carbocycles. The number of benzene rings is 1. The molecule has 0 spiro atoms. The lowest BCUT2D eigenvalue weighted by Crippen LogP contribution is -2.38. The Bertz CT molecular complexity index is 822. The van der Waals surface area contributed by atoms with E-state index in [0.29, 0.717) is 12.2 Å². The standard InChI is InChI=1S/C18H22N2O3S2/c1-14(21)20-16-4-6-17(7-5-16)25(22,23)19-13-18(9-2-3-10-18)15-8-11-24-12-15/h4-8,11-12,19H,2-3,9-10,13H2,1H3,(H,20,21). The molecule has 1 amide bonds. The van der Waals surface area contributed by atoms with E-state index in [0.717, 1.165) is 25.7 Å². The molecule has 2 aromatic rings. The number of carbonyl (C=O) groups is 1. The van der Waals surface area contributed by atoms with Crippen molar-refractivity contribution in [3.63, 3.8) is 0 Å². The number of thiophene rings is 1. The first-order valence-electron chi connectivity index (χ1n) is 8.31. The van der Waals surface area contributed by atoms with Crippen molar-refractivity contribution in [2.24, 2.45) is 0 Å². The topological polar surface area (TPSA) is 75.3 Å². The highest BCUT2D eigenvalue weighted by molar-refractivity contribution is 7.89. The van der Waals surface area contributed by atoms with Crippen molar-refractivity contribution < 1.29 is 13.2 Å². The Morgan fingerprint density at radius 3 is 2.40 bits per heavy atom. The predicted molar refractivity (Wildman–Crippen MR) is 100 cm³/mol. The molecule has 134 valence electrons. The molecule has 1 saturated carbocycles. The highest BCUT2D eigenvalue weighted by atomic mass is 32.2. The van der Waals surface area contributed by atoms with Crippen LogP contribution in [0.4, 0.5) is 5.69 Å². The summed E-state index contributed by atoms with van der Waals surface area (Å²) in [5.74, 6) is -0.187. The third kappa shape index (κ3) is 4.11. The first-order chi connectivity index (χ1) is 11.9. The number of sulfonamides is 1. The molecule has 0 atom stereocenters.